The van der Waals surface area contributed by atoms with Crippen molar-refractivity contribution in [1.82, 2.24) is 10.2 Å². The van der Waals surface area contributed by atoms with Crippen LogP contribution in [0, 0.1) is 5.92 Å². The monoisotopic (exact) mass is 527 g/mol. The summed E-state index contributed by atoms with van der Waals surface area (Å²) in [6.07, 6.45) is 2.98. The molecule has 1 aliphatic rings. The first-order valence-corrected chi connectivity index (χ1v) is 14.0. The Hall–Kier alpha value is -3.64. The van der Waals surface area contributed by atoms with Gasteiger partial charge >= 0.3 is 0 Å². The molecule has 1 aliphatic heterocycles. The van der Waals surface area contributed by atoms with E-state index in [1.54, 1.807) is 7.11 Å². The minimum atomic E-state index is -0.306. The molecule has 0 radical (unpaired) electrons. The van der Waals surface area contributed by atoms with E-state index in [0.29, 0.717) is 12.5 Å². The van der Waals surface area contributed by atoms with Crippen molar-refractivity contribution in [2.75, 3.05) is 38.6 Å². The van der Waals surface area contributed by atoms with Crippen LogP contribution in [0.4, 0.5) is 5.69 Å². The second kappa shape index (κ2) is 13.9. The quantitative estimate of drug-likeness (QED) is 0.309. The van der Waals surface area contributed by atoms with E-state index < -0.39 is 0 Å². The standard InChI is InChI=1S/C33H41N3O3/c1-24(2)32(37)35-28-15-16-30(39-3)29(23-28)25-17-21-36(22-18-25)20-10-19-34-33(38)31(26-11-6-4-7-12-26)27-13-8-5-9-14-27/h4-9,11-16,23-25,31H,10,17-22H2,1-3H3,(H,34,38)(H,35,37). The fourth-order valence-electron chi connectivity index (χ4n) is 5.29. The van der Waals surface area contributed by atoms with Crippen LogP contribution in [0.25, 0.3) is 0 Å². The third-order valence-electron chi connectivity index (χ3n) is 7.53. The predicted molar refractivity (Wildman–Crippen MR) is 157 cm³/mol. The van der Waals surface area contributed by atoms with Gasteiger partial charge in [0.05, 0.1) is 13.0 Å². The minimum absolute atomic E-state index is 0.0203. The van der Waals surface area contributed by atoms with E-state index in [1.807, 2.05) is 86.6 Å². The summed E-state index contributed by atoms with van der Waals surface area (Å²) < 4.78 is 5.65. The topological polar surface area (TPSA) is 70.7 Å². The first kappa shape index (κ1) is 28.4. The number of ether oxygens (including phenoxy) is 1. The van der Waals surface area contributed by atoms with Gasteiger partial charge in [0, 0.05) is 18.2 Å². The normalized spacial score (nSPS) is 14.4. The smallest absolute Gasteiger partial charge is 0.232 e. The van der Waals surface area contributed by atoms with Gasteiger partial charge in [0.15, 0.2) is 0 Å². The highest BCUT2D eigenvalue weighted by atomic mass is 16.5. The maximum atomic E-state index is 13.2. The fourth-order valence-corrected chi connectivity index (χ4v) is 5.29. The molecule has 3 aromatic rings. The van der Waals surface area contributed by atoms with Gasteiger partial charge in [-0.3, -0.25) is 9.59 Å². The first-order valence-electron chi connectivity index (χ1n) is 14.0. The Kier molecular flexibility index (Phi) is 10.1. The van der Waals surface area contributed by atoms with Gasteiger partial charge in [-0.05, 0) is 79.7 Å². The molecule has 6 heteroatoms. The molecule has 1 fully saturated rings. The van der Waals surface area contributed by atoms with Crippen molar-refractivity contribution < 1.29 is 14.3 Å². The molecule has 0 aromatic heterocycles. The number of nitrogens with one attached hydrogen (secondary N) is 2. The SMILES string of the molecule is COc1ccc(NC(=O)C(C)C)cc1C1CCN(CCCNC(=O)C(c2ccccc2)c2ccccc2)CC1. The van der Waals surface area contributed by atoms with E-state index in [9.17, 15) is 9.59 Å². The van der Waals surface area contributed by atoms with Gasteiger partial charge in [-0.1, -0.05) is 74.5 Å². The van der Waals surface area contributed by atoms with Gasteiger partial charge in [0.1, 0.15) is 5.75 Å². The molecular formula is C33H41N3O3. The summed E-state index contributed by atoms with van der Waals surface area (Å²) in [7, 11) is 1.70. The highest BCUT2D eigenvalue weighted by Crippen LogP contribution is 2.36. The van der Waals surface area contributed by atoms with Crippen LogP contribution in [0.3, 0.4) is 0 Å². The van der Waals surface area contributed by atoms with Crippen LogP contribution in [0.15, 0.2) is 78.9 Å². The Bertz CT molecular complexity index is 1170. The van der Waals surface area contributed by atoms with E-state index in [2.05, 4.69) is 21.6 Å². The number of rotatable bonds is 11. The lowest BCUT2D eigenvalue weighted by Crippen LogP contribution is -2.36. The van der Waals surface area contributed by atoms with Gasteiger partial charge in [-0.2, -0.15) is 0 Å². The Morgan fingerprint density at radius 1 is 0.897 bits per heavy atom. The van der Waals surface area contributed by atoms with Crippen molar-refractivity contribution in [2.24, 2.45) is 5.92 Å². The lowest BCUT2D eigenvalue weighted by atomic mass is 9.88. The van der Waals surface area contributed by atoms with Crippen molar-refractivity contribution in [3.63, 3.8) is 0 Å². The number of amides is 2. The summed E-state index contributed by atoms with van der Waals surface area (Å²) in [5.74, 6) is 0.967. The van der Waals surface area contributed by atoms with Gasteiger partial charge in [0.2, 0.25) is 11.8 Å². The zero-order valence-electron chi connectivity index (χ0n) is 23.4. The van der Waals surface area contributed by atoms with Crippen LogP contribution in [-0.2, 0) is 9.59 Å². The third-order valence-corrected chi connectivity index (χ3v) is 7.53. The van der Waals surface area contributed by atoms with Crippen molar-refractivity contribution in [3.05, 3.63) is 95.6 Å². The molecule has 39 heavy (non-hydrogen) atoms. The second-order valence-corrected chi connectivity index (χ2v) is 10.6. The van der Waals surface area contributed by atoms with Gasteiger partial charge < -0.3 is 20.3 Å². The number of nitrogens with zero attached hydrogens (tertiary/aromatic N) is 1. The van der Waals surface area contributed by atoms with Crippen molar-refractivity contribution >= 4 is 17.5 Å². The molecule has 0 bridgehead atoms. The Morgan fingerprint density at radius 3 is 2.08 bits per heavy atom. The summed E-state index contributed by atoms with van der Waals surface area (Å²) in [6, 6.07) is 25.9. The van der Waals surface area contributed by atoms with E-state index in [1.165, 1.54) is 5.56 Å². The van der Waals surface area contributed by atoms with Gasteiger partial charge in [-0.25, -0.2) is 0 Å². The Labute approximate surface area is 232 Å². The van der Waals surface area contributed by atoms with Crippen molar-refractivity contribution in [1.29, 1.82) is 0 Å². The number of piperidine rings is 1. The van der Waals surface area contributed by atoms with E-state index in [-0.39, 0.29) is 23.7 Å². The zero-order valence-corrected chi connectivity index (χ0v) is 23.4. The van der Waals surface area contributed by atoms with Crippen LogP contribution in [-0.4, -0.2) is 50.0 Å². The summed E-state index contributed by atoms with van der Waals surface area (Å²) in [5.41, 5.74) is 4.00. The summed E-state index contributed by atoms with van der Waals surface area (Å²) in [4.78, 5) is 27.9. The number of methoxy groups -OCH3 is 1. The maximum absolute atomic E-state index is 13.2. The van der Waals surface area contributed by atoms with Crippen LogP contribution in [0.1, 0.15) is 61.6 Å². The number of benzene rings is 3. The largest absolute Gasteiger partial charge is 0.496 e. The maximum Gasteiger partial charge on any atom is 0.232 e. The molecule has 0 atom stereocenters. The number of carbonyl (C=O) groups is 2. The average Bonchev–Trinajstić information content (AvgIpc) is 2.97. The minimum Gasteiger partial charge on any atom is -0.496 e. The van der Waals surface area contributed by atoms with Crippen molar-refractivity contribution in [3.8, 4) is 5.75 Å². The lowest BCUT2D eigenvalue weighted by Gasteiger charge is -2.33. The van der Waals surface area contributed by atoms with E-state index >= 15 is 0 Å². The number of likely N-dealkylation sites (tertiary alicyclic amines) is 1. The molecule has 3 aromatic carbocycles. The molecule has 0 spiro atoms. The number of anilines is 1. The van der Waals surface area contributed by atoms with Gasteiger partial charge in [-0.15, -0.1) is 0 Å². The molecule has 1 heterocycles. The molecule has 2 N–H and O–H groups in total. The highest BCUT2D eigenvalue weighted by Gasteiger charge is 2.25. The molecule has 0 saturated carbocycles. The summed E-state index contributed by atoms with van der Waals surface area (Å²) in [6.45, 7) is 7.40. The fraction of sp³-hybridized carbons (Fsp3) is 0.394. The van der Waals surface area contributed by atoms with E-state index in [0.717, 1.165) is 61.5 Å². The van der Waals surface area contributed by atoms with Crippen LogP contribution >= 0.6 is 0 Å². The van der Waals surface area contributed by atoms with Crippen molar-refractivity contribution in [2.45, 2.75) is 44.9 Å². The molecule has 6 nitrogen and oxygen atoms in total. The molecular weight excluding hydrogens is 486 g/mol. The number of hydrogen-bond donors (Lipinski definition) is 2. The average molecular weight is 528 g/mol. The van der Waals surface area contributed by atoms with Crippen LogP contribution in [0.2, 0.25) is 0 Å². The first-order chi connectivity index (χ1) is 19.0. The molecule has 0 aliphatic carbocycles. The van der Waals surface area contributed by atoms with E-state index in [4.69, 9.17) is 4.74 Å². The summed E-state index contributed by atoms with van der Waals surface area (Å²) >= 11 is 0. The molecule has 206 valence electrons. The van der Waals surface area contributed by atoms with Crippen LogP contribution < -0.4 is 15.4 Å². The lowest BCUT2D eigenvalue weighted by molar-refractivity contribution is -0.121. The second-order valence-electron chi connectivity index (χ2n) is 10.6. The number of hydrogen-bond acceptors (Lipinski definition) is 4. The Morgan fingerprint density at radius 2 is 1.51 bits per heavy atom. The zero-order chi connectivity index (χ0) is 27.6. The predicted octanol–water partition coefficient (Wildman–Crippen LogP) is 5.81. The summed E-state index contributed by atoms with van der Waals surface area (Å²) in [5, 5.41) is 6.20. The molecule has 1 saturated heterocycles. The molecule has 0 unspecified atom stereocenters. The van der Waals surface area contributed by atoms with Crippen LogP contribution in [0.5, 0.6) is 5.75 Å². The molecule has 4 rings (SSSR count). The highest BCUT2D eigenvalue weighted by molar-refractivity contribution is 5.92. The third kappa shape index (κ3) is 7.70. The Balaban J connectivity index is 1.27. The van der Waals surface area contributed by atoms with Gasteiger partial charge in [0.25, 0.3) is 0 Å². The molecule has 2 amide bonds. The number of carbonyl (C=O) groups excluding carboxylic acids is 2.